The summed E-state index contributed by atoms with van der Waals surface area (Å²) in [6.45, 7) is 7.82. The van der Waals surface area contributed by atoms with Crippen molar-refractivity contribution in [3.05, 3.63) is 0 Å². The molecule has 6 heteroatoms. The second-order valence-corrected chi connectivity index (χ2v) is 8.06. The Hall–Kier alpha value is -0.810. The van der Waals surface area contributed by atoms with E-state index in [0.717, 1.165) is 77.3 Å². The molecule has 3 saturated heterocycles. The highest BCUT2D eigenvalue weighted by molar-refractivity contribution is 5.85. The third-order valence-electron chi connectivity index (χ3n) is 6.22. The molecule has 144 valence electrons. The van der Waals surface area contributed by atoms with Crippen LogP contribution in [0.15, 0.2) is 0 Å². The second-order valence-electron chi connectivity index (χ2n) is 8.06. The third kappa shape index (κ3) is 5.58. The average molecular weight is 372 g/mol. The summed E-state index contributed by atoms with van der Waals surface area (Å²) in [6.07, 6.45) is 6.87. The van der Waals surface area contributed by atoms with Gasteiger partial charge in [0.15, 0.2) is 0 Å². The molecule has 1 unspecified atom stereocenters. The van der Waals surface area contributed by atoms with Crippen LogP contribution in [0.2, 0.25) is 0 Å². The van der Waals surface area contributed by atoms with Crippen molar-refractivity contribution < 1.29 is 9.59 Å². The van der Waals surface area contributed by atoms with Crippen LogP contribution in [0.3, 0.4) is 0 Å². The van der Waals surface area contributed by atoms with E-state index in [4.69, 9.17) is 0 Å². The minimum Gasteiger partial charge on any atom is -0.343 e. The van der Waals surface area contributed by atoms with Gasteiger partial charge in [0.25, 0.3) is 0 Å². The SMILES string of the molecule is CC1CCN(C(=O)C2CCN(C(=O)CCC3CCNC3)CC2)CC1.Cl. The predicted octanol–water partition coefficient (Wildman–Crippen LogP) is 2.30. The maximum absolute atomic E-state index is 12.7. The zero-order chi connectivity index (χ0) is 16.9. The van der Waals surface area contributed by atoms with Gasteiger partial charge >= 0.3 is 0 Å². The van der Waals surface area contributed by atoms with Gasteiger partial charge in [-0.25, -0.2) is 0 Å². The van der Waals surface area contributed by atoms with Crippen LogP contribution >= 0.6 is 12.4 Å². The van der Waals surface area contributed by atoms with E-state index in [0.29, 0.717) is 24.2 Å². The molecule has 0 aromatic heterocycles. The van der Waals surface area contributed by atoms with Crippen LogP contribution < -0.4 is 5.32 Å². The molecule has 25 heavy (non-hydrogen) atoms. The van der Waals surface area contributed by atoms with Crippen LogP contribution in [-0.2, 0) is 9.59 Å². The smallest absolute Gasteiger partial charge is 0.225 e. The van der Waals surface area contributed by atoms with E-state index in [9.17, 15) is 9.59 Å². The van der Waals surface area contributed by atoms with E-state index >= 15 is 0 Å². The quantitative estimate of drug-likeness (QED) is 0.824. The number of halogens is 1. The number of carbonyl (C=O) groups excluding carboxylic acids is 2. The first-order valence-electron chi connectivity index (χ1n) is 9.90. The molecule has 0 spiro atoms. The van der Waals surface area contributed by atoms with Gasteiger partial charge in [-0.05, 0) is 63.5 Å². The Morgan fingerprint density at radius 1 is 0.960 bits per heavy atom. The lowest BCUT2D eigenvalue weighted by atomic mass is 9.92. The lowest BCUT2D eigenvalue weighted by Crippen LogP contribution is -2.46. The Morgan fingerprint density at radius 2 is 1.60 bits per heavy atom. The van der Waals surface area contributed by atoms with Crippen molar-refractivity contribution in [2.75, 3.05) is 39.3 Å². The van der Waals surface area contributed by atoms with Crippen LogP contribution in [0.25, 0.3) is 0 Å². The number of nitrogens with zero attached hydrogens (tertiary/aromatic N) is 2. The summed E-state index contributed by atoms with van der Waals surface area (Å²) in [5, 5.41) is 3.36. The van der Waals surface area contributed by atoms with Crippen LogP contribution in [0.4, 0.5) is 0 Å². The highest BCUT2D eigenvalue weighted by Gasteiger charge is 2.31. The molecule has 1 N–H and O–H groups in total. The molecule has 0 radical (unpaired) electrons. The summed E-state index contributed by atoms with van der Waals surface area (Å²) in [7, 11) is 0. The van der Waals surface area contributed by atoms with Crippen molar-refractivity contribution >= 4 is 24.2 Å². The molecule has 3 fully saturated rings. The summed E-state index contributed by atoms with van der Waals surface area (Å²) in [5.74, 6) is 2.20. The molecule has 3 rings (SSSR count). The Balaban J connectivity index is 0.00000225. The summed E-state index contributed by atoms with van der Waals surface area (Å²) in [4.78, 5) is 29.1. The fraction of sp³-hybridized carbons (Fsp3) is 0.895. The summed E-state index contributed by atoms with van der Waals surface area (Å²) in [6, 6.07) is 0. The highest BCUT2D eigenvalue weighted by atomic mass is 35.5. The van der Waals surface area contributed by atoms with Gasteiger partial charge < -0.3 is 15.1 Å². The van der Waals surface area contributed by atoms with Gasteiger partial charge in [-0.3, -0.25) is 9.59 Å². The van der Waals surface area contributed by atoms with E-state index in [2.05, 4.69) is 17.1 Å². The average Bonchev–Trinajstić information content (AvgIpc) is 3.13. The number of hydrogen-bond acceptors (Lipinski definition) is 3. The minimum atomic E-state index is 0. The molecule has 0 bridgehead atoms. The first-order valence-corrected chi connectivity index (χ1v) is 9.90. The first kappa shape index (κ1) is 20.5. The zero-order valence-electron chi connectivity index (χ0n) is 15.5. The summed E-state index contributed by atoms with van der Waals surface area (Å²) < 4.78 is 0. The molecule has 2 amide bonds. The number of nitrogens with one attached hydrogen (secondary N) is 1. The Kier molecular flexibility index (Phi) is 8.01. The third-order valence-corrected chi connectivity index (χ3v) is 6.22. The van der Waals surface area contributed by atoms with E-state index in [1.54, 1.807) is 0 Å². The Morgan fingerprint density at radius 3 is 2.20 bits per heavy atom. The normalized spacial score (nSPS) is 25.7. The monoisotopic (exact) mass is 371 g/mol. The van der Waals surface area contributed by atoms with Crippen molar-refractivity contribution in [2.45, 2.75) is 51.9 Å². The number of carbonyl (C=O) groups is 2. The van der Waals surface area contributed by atoms with E-state index < -0.39 is 0 Å². The number of rotatable bonds is 4. The lowest BCUT2D eigenvalue weighted by molar-refractivity contribution is -0.141. The Labute approximate surface area is 158 Å². The lowest BCUT2D eigenvalue weighted by Gasteiger charge is -2.36. The minimum absolute atomic E-state index is 0. The van der Waals surface area contributed by atoms with Gasteiger partial charge in [-0.15, -0.1) is 12.4 Å². The van der Waals surface area contributed by atoms with Crippen LogP contribution in [0, 0.1) is 17.8 Å². The van der Waals surface area contributed by atoms with Crippen molar-refractivity contribution in [1.29, 1.82) is 0 Å². The Bertz CT molecular complexity index is 438. The van der Waals surface area contributed by atoms with Crippen molar-refractivity contribution in [1.82, 2.24) is 15.1 Å². The largest absolute Gasteiger partial charge is 0.343 e. The van der Waals surface area contributed by atoms with Crippen molar-refractivity contribution in [3.8, 4) is 0 Å². The van der Waals surface area contributed by atoms with Gasteiger partial charge in [-0.2, -0.15) is 0 Å². The van der Waals surface area contributed by atoms with Gasteiger partial charge in [0.05, 0.1) is 0 Å². The first-order chi connectivity index (χ1) is 11.6. The van der Waals surface area contributed by atoms with E-state index in [1.807, 2.05) is 4.90 Å². The van der Waals surface area contributed by atoms with Gasteiger partial charge in [-0.1, -0.05) is 6.92 Å². The fourth-order valence-electron chi connectivity index (χ4n) is 4.31. The molecular formula is C19H34ClN3O2. The standard InChI is InChI=1S/C19H33N3O2.ClH/c1-15-5-10-22(11-6-15)19(24)17-7-12-21(13-8-17)18(23)3-2-16-4-9-20-14-16;/h15-17,20H,2-14H2,1H3;1H. The van der Waals surface area contributed by atoms with E-state index in [-0.39, 0.29) is 18.3 Å². The number of piperidine rings is 2. The molecule has 0 saturated carbocycles. The van der Waals surface area contributed by atoms with Gasteiger partial charge in [0.2, 0.25) is 11.8 Å². The number of amides is 2. The molecule has 5 nitrogen and oxygen atoms in total. The molecular weight excluding hydrogens is 338 g/mol. The van der Waals surface area contributed by atoms with Gasteiger partial charge in [0.1, 0.15) is 0 Å². The molecule has 0 aromatic carbocycles. The van der Waals surface area contributed by atoms with Crippen LogP contribution in [0.1, 0.15) is 51.9 Å². The molecule has 0 aromatic rings. The molecule has 3 aliphatic heterocycles. The van der Waals surface area contributed by atoms with E-state index in [1.165, 1.54) is 6.42 Å². The van der Waals surface area contributed by atoms with Crippen LogP contribution in [0.5, 0.6) is 0 Å². The second kappa shape index (κ2) is 9.77. The number of likely N-dealkylation sites (tertiary alicyclic amines) is 2. The van der Waals surface area contributed by atoms with Gasteiger partial charge in [0, 0.05) is 38.5 Å². The highest BCUT2D eigenvalue weighted by Crippen LogP contribution is 2.24. The molecule has 1 atom stereocenters. The predicted molar refractivity (Wildman–Crippen MR) is 102 cm³/mol. The van der Waals surface area contributed by atoms with Crippen molar-refractivity contribution in [2.24, 2.45) is 17.8 Å². The maximum atomic E-state index is 12.7. The molecule has 0 aliphatic carbocycles. The maximum Gasteiger partial charge on any atom is 0.225 e. The van der Waals surface area contributed by atoms with Crippen molar-refractivity contribution in [3.63, 3.8) is 0 Å². The summed E-state index contributed by atoms with van der Waals surface area (Å²) in [5.41, 5.74) is 0. The van der Waals surface area contributed by atoms with Crippen LogP contribution in [-0.4, -0.2) is 60.9 Å². The number of hydrogen-bond donors (Lipinski definition) is 1. The zero-order valence-corrected chi connectivity index (χ0v) is 16.4. The summed E-state index contributed by atoms with van der Waals surface area (Å²) >= 11 is 0. The fourth-order valence-corrected chi connectivity index (χ4v) is 4.31. The topological polar surface area (TPSA) is 52.7 Å². The molecule has 3 aliphatic rings. The molecule has 3 heterocycles.